The minimum atomic E-state index is 0.630. The molecule has 0 fully saturated rings. The molecule has 0 heterocycles. The second-order valence-corrected chi connectivity index (χ2v) is 3.02. The van der Waals surface area contributed by atoms with Gasteiger partial charge in [-0.2, -0.15) is 0 Å². The maximum atomic E-state index is 5.31. The van der Waals surface area contributed by atoms with Crippen molar-refractivity contribution in [3.05, 3.63) is 0 Å². The number of hydrogen-bond donors (Lipinski definition) is 1. The summed E-state index contributed by atoms with van der Waals surface area (Å²) in [6.45, 7) is 4.07. The van der Waals surface area contributed by atoms with Crippen LogP contribution in [0, 0.1) is 0 Å². The molecule has 0 spiro atoms. The van der Waals surface area contributed by atoms with Crippen molar-refractivity contribution in [2.45, 2.75) is 0 Å². The maximum absolute atomic E-state index is 5.31. The molecule has 1 N–H and O–H groups in total. The smallest absolute Gasteiger partial charge is 0.0701 e. The highest BCUT2D eigenvalue weighted by molar-refractivity contribution is 4.38. The standard InChI is InChI=1S/C9H22N2O3/c1-11(2)10-4-5-13-8-9-14-7-6-12-3/h10H,4-9H2,1-3H3. The molecule has 0 aromatic rings. The highest BCUT2D eigenvalue weighted by Gasteiger charge is 1.90. The van der Waals surface area contributed by atoms with Crippen LogP contribution >= 0.6 is 0 Å². The van der Waals surface area contributed by atoms with E-state index < -0.39 is 0 Å². The Kier molecular flexibility index (Phi) is 10.7. The largest absolute Gasteiger partial charge is 0.382 e. The fourth-order valence-corrected chi connectivity index (χ4v) is 0.806. The van der Waals surface area contributed by atoms with Crippen molar-refractivity contribution in [2.24, 2.45) is 0 Å². The van der Waals surface area contributed by atoms with Crippen LogP contribution in [0.25, 0.3) is 0 Å². The van der Waals surface area contributed by atoms with Gasteiger partial charge in [0.2, 0.25) is 0 Å². The molecule has 0 aliphatic carbocycles. The Morgan fingerprint density at radius 3 is 2.07 bits per heavy atom. The molecule has 0 aromatic heterocycles. The van der Waals surface area contributed by atoms with Crippen LogP contribution in [0.1, 0.15) is 0 Å². The third-order valence-corrected chi connectivity index (χ3v) is 1.48. The van der Waals surface area contributed by atoms with E-state index in [9.17, 15) is 0 Å². The Labute approximate surface area is 86.3 Å². The van der Waals surface area contributed by atoms with Gasteiger partial charge in [-0.15, -0.1) is 0 Å². The summed E-state index contributed by atoms with van der Waals surface area (Å²) in [5.41, 5.74) is 3.10. The van der Waals surface area contributed by atoms with Crippen molar-refractivity contribution in [1.29, 1.82) is 0 Å². The minimum absolute atomic E-state index is 0.630. The van der Waals surface area contributed by atoms with E-state index in [0.717, 1.165) is 6.54 Å². The summed E-state index contributed by atoms with van der Waals surface area (Å²) in [7, 11) is 5.56. The lowest BCUT2D eigenvalue weighted by atomic mass is 10.7. The highest BCUT2D eigenvalue weighted by Crippen LogP contribution is 1.79. The van der Waals surface area contributed by atoms with Gasteiger partial charge in [0.15, 0.2) is 0 Å². The van der Waals surface area contributed by atoms with Crippen LogP contribution in [0.2, 0.25) is 0 Å². The lowest BCUT2D eigenvalue weighted by molar-refractivity contribution is 0.0233. The van der Waals surface area contributed by atoms with E-state index in [4.69, 9.17) is 14.2 Å². The average molecular weight is 206 g/mol. The van der Waals surface area contributed by atoms with E-state index in [0.29, 0.717) is 33.0 Å². The van der Waals surface area contributed by atoms with E-state index in [1.807, 2.05) is 19.1 Å². The summed E-state index contributed by atoms with van der Waals surface area (Å²) in [5.74, 6) is 0. The lowest BCUT2D eigenvalue weighted by Crippen LogP contribution is -2.33. The third-order valence-electron chi connectivity index (χ3n) is 1.48. The molecular weight excluding hydrogens is 184 g/mol. The summed E-state index contributed by atoms with van der Waals surface area (Å²) in [6.07, 6.45) is 0. The van der Waals surface area contributed by atoms with Crippen LogP contribution in [-0.2, 0) is 14.2 Å². The average Bonchev–Trinajstić information content (AvgIpc) is 2.15. The number of ether oxygens (including phenoxy) is 3. The molecule has 0 unspecified atom stereocenters. The van der Waals surface area contributed by atoms with Crippen LogP contribution in [0.4, 0.5) is 0 Å². The first kappa shape index (κ1) is 13.8. The van der Waals surface area contributed by atoms with Crippen LogP contribution in [-0.4, -0.2) is 65.8 Å². The Hall–Kier alpha value is -0.200. The number of hydrazine groups is 1. The molecule has 0 rings (SSSR count). The zero-order valence-electron chi connectivity index (χ0n) is 9.41. The van der Waals surface area contributed by atoms with E-state index in [1.54, 1.807) is 7.11 Å². The quantitative estimate of drug-likeness (QED) is 0.394. The van der Waals surface area contributed by atoms with Gasteiger partial charge >= 0.3 is 0 Å². The van der Waals surface area contributed by atoms with E-state index in [1.165, 1.54) is 0 Å². The van der Waals surface area contributed by atoms with Crippen molar-refractivity contribution < 1.29 is 14.2 Å². The highest BCUT2D eigenvalue weighted by atomic mass is 16.5. The second-order valence-electron chi connectivity index (χ2n) is 3.02. The number of hydrogen-bond acceptors (Lipinski definition) is 5. The summed E-state index contributed by atoms with van der Waals surface area (Å²) in [6, 6.07) is 0. The predicted molar refractivity (Wildman–Crippen MR) is 55.2 cm³/mol. The number of nitrogens with zero attached hydrogens (tertiary/aromatic N) is 1. The monoisotopic (exact) mass is 206 g/mol. The molecule has 0 aromatic carbocycles. The van der Waals surface area contributed by atoms with Gasteiger partial charge in [-0.3, -0.25) is 10.4 Å². The molecule has 0 bridgehead atoms. The van der Waals surface area contributed by atoms with Gasteiger partial charge in [-0.25, -0.2) is 0 Å². The van der Waals surface area contributed by atoms with Gasteiger partial charge < -0.3 is 14.2 Å². The molecule has 0 saturated heterocycles. The molecule has 0 saturated carbocycles. The summed E-state index contributed by atoms with van der Waals surface area (Å²) < 4.78 is 15.4. The summed E-state index contributed by atoms with van der Waals surface area (Å²) in [5, 5.41) is 1.90. The minimum Gasteiger partial charge on any atom is -0.382 e. The van der Waals surface area contributed by atoms with Gasteiger partial charge in [-0.1, -0.05) is 0 Å². The maximum Gasteiger partial charge on any atom is 0.0701 e. The molecule has 86 valence electrons. The first-order valence-corrected chi connectivity index (χ1v) is 4.82. The fourth-order valence-electron chi connectivity index (χ4n) is 0.806. The van der Waals surface area contributed by atoms with Gasteiger partial charge in [-0.05, 0) is 0 Å². The van der Waals surface area contributed by atoms with Crippen molar-refractivity contribution in [3.63, 3.8) is 0 Å². The first-order chi connectivity index (χ1) is 6.77. The zero-order chi connectivity index (χ0) is 10.6. The Balaban J connectivity index is 2.85. The van der Waals surface area contributed by atoms with Crippen molar-refractivity contribution >= 4 is 0 Å². The van der Waals surface area contributed by atoms with Crippen LogP contribution in [0.5, 0.6) is 0 Å². The fraction of sp³-hybridized carbons (Fsp3) is 1.00. The molecule has 0 radical (unpaired) electrons. The molecule has 0 aliphatic rings. The Morgan fingerprint density at radius 2 is 1.50 bits per heavy atom. The number of rotatable bonds is 10. The molecular formula is C9H22N2O3. The molecule has 5 heteroatoms. The summed E-state index contributed by atoms with van der Waals surface area (Å²) >= 11 is 0. The van der Waals surface area contributed by atoms with Gasteiger partial charge in [0.1, 0.15) is 0 Å². The van der Waals surface area contributed by atoms with Crippen molar-refractivity contribution in [1.82, 2.24) is 10.4 Å². The van der Waals surface area contributed by atoms with Crippen LogP contribution < -0.4 is 5.43 Å². The second kappa shape index (κ2) is 10.9. The topological polar surface area (TPSA) is 43.0 Å². The first-order valence-electron chi connectivity index (χ1n) is 4.82. The molecule has 14 heavy (non-hydrogen) atoms. The van der Waals surface area contributed by atoms with E-state index >= 15 is 0 Å². The zero-order valence-corrected chi connectivity index (χ0v) is 9.41. The normalized spacial score (nSPS) is 11.1. The number of methoxy groups -OCH3 is 1. The van der Waals surface area contributed by atoms with Crippen molar-refractivity contribution in [2.75, 3.05) is 60.8 Å². The Bertz CT molecular complexity index is 112. The molecule has 0 aliphatic heterocycles. The molecule has 0 atom stereocenters. The van der Waals surface area contributed by atoms with Gasteiger partial charge in [0.25, 0.3) is 0 Å². The Morgan fingerprint density at radius 1 is 0.929 bits per heavy atom. The van der Waals surface area contributed by atoms with E-state index in [-0.39, 0.29) is 0 Å². The molecule has 5 nitrogen and oxygen atoms in total. The van der Waals surface area contributed by atoms with Crippen LogP contribution in [0.15, 0.2) is 0 Å². The number of nitrogens with one attached hydrogen (secondary N) is 1. The van der Waals surface area contributed by atoms with Gasteiger partial charge in [0, 0.05) is 27.7 Å². The summed E-state index contributed by atoms with van der Waals surface area (Å²) in [4.78, 5) is 0. The SMILES string of the molecule is COCCOCCOCCNN(C)C. The van der Waals surface area contributed by atoms with E-state index in [2.05, 4.69) is 5.43 Å². The predicted octanol–water partition coefficient (Wildman–Crippen LogP) is -0.268. The van der Waals surface area contributed by atoms with Crippen LogP contribution in [0.3, 0.4) is 0 Å². The molecule has 0 amide bonds. The lowest BCUT2D eigenvalue weighted by Gasteiger charge is -2.11. The third kappa shape index (κ3) is 11.8. The van der Waals surface area contributed by atoms with Gasteiger partial charge in [0.05, 0.1) is 33.0 Å². The van der Waals surface area contributed by atoms with Crippen molar-refractivity contribution in [3.8, 4) is 0 Å².